The summed E-state index contributed by atoms with van der Waals surface area (Å²) in [5.41, 5.74) is 4.44. The molecule has 1 aliphatic carbocycles. The number of hydrogen-bond acceptors (Lipinski definition) is 4. The van der Waals surface area contributed by atoms with Crippen molar-refractivity contribution in [2.75, 3.05) is 32.8 Å². The molecule has 2 aromatic carbocycles. The number of nitrogens with one attached hydrogen (secondary N) is 1. The fourth-order valence-corrected chi connectivity index (χ4v) is 4.75. The van der Waals surface area contributed by atoms with Crippen LogP contribution in [0.1, 0.15) is 33.8 Å². The molecule has 0 atom stereocenters. The second-order valence-electron chi connectivity index (χ2n) is 8.35. The second-order valence-corrected chi connectivity index (χ2v) is 8.35. The molecule has 7 nitrogen and oxygen atoms in total. The number of pyridine rings is 1. The normalized spacial score (nSPS) is 15.5. The lowest BCUT2D eigenvalue weighted by molar-refractivity contribution is 0.0749. The van der Waals surface area contributed by atoms with Crippen molar-refractivity contribution >= 4 is 12.0 Å². The number of H-pyrrole nitrogens is 1. The maximum absolute atomic E-state index is 12.9. The number of hydrogen-bond donors (Lipinski definition) is 1. The van der Waals surface area contributed by atoms with E-state index in [1.165, 1.54) is 34.5 Å². The van der Waals surface area contributed by atoms with Gasteiger partial charge in [-0.2, -0.15) is 0 Å². The van der Waals surface area contributed by atoms with Crippen molar-refractivity contribution in [3.05, 3.63) is 93.9 Å². The molecule has 0 radical (unpaired) electrons. The van der Waals surface area contributed by atoms with Crippen molar-refractivity contribution in [2.24, 2.45) is 0 Å². The van der Waals surface area contributed by atoms with E-state index in [1.54, 1.807) is 15.9 Å². The molecule has 0 saturated carbocycles. The van der Waals surface area contributed by atoms with Crippen LogP contribution < -0.4 is 5.56 Å². The molecular weight excluding hydrogens is 418 g/mol. The van der Waals surface area contributed by atoms with E-state index in [9.17, 15) is 14.4 Å². The minimum Gasteiger partial charge on any atom is -0.448 e. The Kier molecular flexibility index (Phi) is 5.69. The number of aromatic nitrogens is 1. The fraction of sp³-hybridized carbons (Fsp3) is 0.269. The summed E-state index contributed by atoms with van der Waals surface area (Å²) in [6, 6.07) is 19.6. The second kappa shape index (κ2) is 8.94. The van der Waals surface area contributed by atoms with Gasteiger partial charge >= 0.3 is 6.09 Å². The van der Waals surface area contributed by atoms with Crippen molar-refractivity contribution in [2.45, 2.75) is 12.3 Å². The topological polar surface area (TPSA) is 82.7 Å². The molecule has 2 aliphatic rings. The highest BCUT2D eigenvalue weighted by Crippen LogP contribution is 2.44. The van der Waals surface area contributed by atoms with Gasteiger partial charge < -0.3 is 19.5 Å². The molecule has 0 bridgehead atoms. The van der Waals surface area contributed by atoms with Crippen molar-refractivity contribution in [1.29, 1.82) is 0 Å². The summed E-state index contributed by atoms with van der Waals surface area (Å²) in [5.74, 6) is -0.303. The Hall–Kier alpha value is -3.87. The molecule has 1 aliphatic heterocycles. The van der Waals surface area contributed by atoms with E-state index >= 15 is 0 Å². The minimum atomic E-state index is -0.403. The molecule has 2 heterocycles. The number of ether oxygens (including phenoxy) is 1. The third kappa shape index (κ3) is 4.02. The Bertz CT molecular complexity index is 1210. The molecule has 1 N–H and O–H groups in total. The smallest absolute Gasteiger partial charge is 0.409 e. The van der Waals surface area contributed by atoms with Gasteiger partial charge in [0.15, 0.2) is 0 Å². The predicted molar refractivity (Wildman–Crippen MR) is 124 cm³/mol. The molecule has 1 aromatic heterocycles. The van der Waals surface area contributed by atoms with Gasteiger partial charge in [0.2, 0.25) is 0 Å². The molecule has 0 unspecified atom stereocenters. The van der Waals surface area contributed by atoms with Crippen molar-refractivity contribution < 1.29 is 14.3 Å². The highest BCUT2D eigenvalue weighted by molar-refractivity contribution is 5.93. The van der Waals surface area contributed by atoms with Gasteiger partial charge in [-0.15, -0.1) is 0 Å². The number of aromatic amines is 1. The van der Waals surface area contributed by atoms with Gasteiger partial charge in [0, 0.05) is 38.3 Å². The average Bonchev–Trinajstić information content (AvgIpc) is 2.97. The number of rotatable bonds is 3. The maximum Gasteiger partial charge on any atom is 0.409 e. The Labute approximate surface area is 191 Å². The first-order chi connectivity index (χ1) is 16.1. The van der Waals surface area contributed by atoms with Gasteiger partial charge in [-0.3, -0.25) is 9.59 Å². The summed E-state index contributed by atoms with van der Waals surface area (Å²) < 4.78 is 5.76. The first kappa shape index (κ1) is 21.0. The van der Waals surface area contributed by atoms with Crippen LogP contribution >= 0.6 is 0 Å². The Morgan fingerprint density at radius 1 is 0.848 bits per heavy atom. The maximum atomic E-state index is 12.9. The highest BCUT2D eigenvalue weighted by Gasteiger charge is 2.30. The lowest BCUT2D eigenvalue weighted by atomic mass is 9.98. The SMILES string of the molecule is O=C(OCC1c2ccccc2-c2ccccc21)N1CCCN(C(=O)c2ccc[nH]c2=O)CC1. The lowest BCUT2D eigenvalue weighted by Gasteiger charge is -2.23. The van der Waals surface area contributed by atoms with E-state index in [-0.39, 0.29) is 30.1 Å². The minimum absolute atomic E-state index is 0.0104. The molecule has 168 valence electrons. The van der Waals surface area contributed by atoms with Gasteiger partial charge in [0.25, 0.3) is 11.5 Å². The number of fused-ring (bicyclic) bond motifs is 3. The van der Waals surface area contributed by atoms with Crippen LogP contribution in [0.3, 0.4) is 0 Å². The molecule has 1 saturated heterocycles. The third-order valence-electron chi connectivity index (χ3n) is 6.43. The van der Waals surface area contributed by atoms with Crippen molar-refractivity contribution in [3.8, 4) is 11.1 Å². The van der Waals surface area contributed by atoms with Gasteiger partial charge in [0.1, 0.15) is 12.2 Å². The van der Waals surface area contributed by atoms with E-state index in [1.807, 2.05) is 24.3 Å². The zero-order valence-electron chi connectivity index (χ0n) is 18.2. The van der Waals surface area contributed by atoms with Crippen LogP contribution in [0.15, 0.2) is 71.7 Å². The van der Waals surface area contributed by atoms with Crippen LogP contribution in [0.5, 0.6) is 0 Å². The monoisotopic (exact) mass is 443 g/mol. The molecule has 5 rings (SSSR count). The summed E-state index contributed by atoms with van der Waals surface area (Å²) in [5, 5.41) is 0. The summed E-state index contributed by atoms with van der Waals surface area (Å²) in [7, 11) is 0. The Morgan fingerprint density at radius 2 is 1.48 bits per heavy atom. The van der Waals surface area contributed by atoms with Gasteiger partial charge in [-0.05, 0) is 40.8 Å². The number of benzene rings is 2. The number of carbonyl (C=O) groups is 2. The summed E-state index contributed by atoms with van der Waals surface area (Å²) in [6.07, 6.45) is 1.75. The molecule has 33 heavy (non-hydrogen) atoms. The van der Waals surface area contributed by atoms with E-state index in [2.05, 4.69) is 29.2 Å². The summed E-state index contributed by atoms with van der Waals surface area (Å²) >= 11 is 0. The van der Waals surface area contributed by atoms with E-state index in [4.69, 9.17) is 4.74 Å². The predicted octanol–water partition coefficient (Wildman–Crippen LogP) is 3.47. The van der Waals surface area contributed by atoms with E-state index in [0.717, 1.165) is 0 Å². The Morgan fingerprint density at radius 3 is 2.18 bits per heavy atom. The first-order valence-electron chi connectivity index (χ1n) is 11.2. The van der Waals surface area contributed by atoms with Crippen LogP contribution in [0.25, 0.3) is 11.1 Å². The molecule has 1 fully saturated rings. The lowest BCUT2D eigenvalue weighted by Crippen LogP contribution is -2.39. The molecule has 2 amide bonds. The summed E-state index contributed by atoms with van der Waals surface area (Å²) in [4.78, 5) is 43.4. The zero-order chi connectivity index (χ0) is 22.8. The number of amides is 2. The van der Waals surface area contributed by atoms with Crippen molar-refractivity contribution in [3.63, 3.8) is 0 Å². The fourth-order valence-electron chi connectivity index (χ4n) is 4.75. The largest absolute Gasteiger partial charge is 0.448 e. The van der Waals surface area contributed by atoms with Crippen LogP contribution in [0, 0.1) is 0 Å². The molecule has 7 heteroatoms. The van der Waals surface area contributed by atoms with Crippen LogP contribution in [-0.2, 0) is 4.74 Å². The molecule has 3 aromatic rings. The molecular formula is C26H25N3O4. The summed E-state index contributed by atoms with van der Waals surface area (Å²) in [6.45, 7) is 1.99. The quantitative estimate of drug-likeness (QED) is 0.672. The first-order valence-corrected chi connectivity index (χ1v) is 11.2. The highest BCUT2D eigenvalue weighted by atomic mass is 16.6. The standard InChI is InChI=1S/C26H25N3O4/c30-24-22(11-5-12-27-24)25(31)28-13-6-14-29(16-15-28)26(32)33-17-23-20-9-3-1-7-18(20)19-8-2-4-10-21(19)23/h1-5,7-12,23H,6,13-17H2,(H,27,30). The molecule has 0 spiro atoms. The van der Waals surface area contributed by atoms with Gasteiger partial charge in [-0.25, -0.2) is 4.79 Å². The number of nitrogens with zero attached hydrogens (tertiary/aromatic N) is 2. The van der Waals surface area contributed by atoms with E-state index < -0.39 is 5.56 Å². The zero-order valence-corrected chi connectivity index (χ0v) is 18.2. The average molecular weight is 444 g/mol. The number of carbonyl (C=O) groups excluding carboxylic acids is 2. The van der Waals surface area contributed by atoms with Gasteiger partial charge in [-0.1, -0.05) is 48.5 Å². The van der Waals surface area contributed by atoms with Crippen LogP contribution in [0.4, 0.5) is 4.79 Å². The third-order valence-corrected chi connectivity index (χ3v) is 6.43. The Balaban J connectivity index is 1.23. The van der Waals surface area contributed by atoms with Crippen molar-refractivity contribution in [1.82, 2.24) is 14.8 Å². The van der Waals surface area contributed by atoms with Gasteiger partial charge in [0.05, 0.1) is 0 Å². The van der Waals surface area contributed by atoms with E-state index in [0.29, 0.717) is 32.6 Å². The van der Waals surface area contributed by atoms with Crippen LogP contribution in [0.2, 0.25) is 0 Å². The van der Waals surface area contributed by atoms with Crippen LogP contribution in [-0.4, -0.2) is 59.6 Å².